The van der Waals surface area contributed by atoms with Gasteiger partial charge < -0.3 is 10.6 Å². The Labute approximate surface area is 85.6 Å². The third-order valence-corrected chi connectivity index (χ3v) is 3.82. The monoisotopic (exact) mass is 196 g/mol. The highest BCUT2D eigenvalue weighted by atomic mass is 16.2. The summed E-state index contributed by atoms with van der Waals surface area (Å²) in [7, 11) is 0. The Morgan fingerprint density at radius 3 is 2.29 bits per heavy atom. The van der Waals surface area contributed by atoms with Crippen molar-refractivity contribution in [1.82, 2.24) is 4.90 Å². The molecular formula is C11H20N2O. The third kappa shape index (κ3) is 1.44. The van der Waals surface area contributed by atoms with E-state index in [2.05, 4.69) is 20.8 Å². The molecular weight excluding hydrogens is 176 g/mol. The van der Waals surface area contributed by atoms with Crippen LogP contribution in [-0.2, 0) is 4.79 Å². The van der Waals surface area contributed by atoms with Crippen molar-refractivity contribution in [2.75, 3.05) is 13.1 Å². The van der Waals surface area contributed by atoms with Crippen molar-refractivity contribution in [3.8, 4) is 0 Å². The predicted octanol–water partition coefficient (Wildman–Crippen LogP) is 0.982. The number of rotatable bonds is 1. The minimum absolute atomic E-state index is 0.0415. The molecule has 1 amide bonds. The highest BCUT2D eigenvalue weighted by Crippen LogP contribution is 2.47. The van der Waals surface area contributed by atoms with Crippen molar-refractivity contribution in [1.29, 1.82) is 0 Å². The van der Waals surface area contributed by atoms with Crippen LogP contribution in [0.2, 0.25) is 0 Å². The van der Waals surface area contributed by atoms with Gasteiger partial charge in [-0.05, 0) is 18.3 Å². The summed E-state index contributed by atoms with van der Waals surface area (Å²) in [5.74, 6) is 0.318. The summed E-state index contributed by atoms with van der Waals surface area (Å²) in [6.45, 7) is 7.90. The molecule has 0 spiro atoms. The topological polar surface area (TPSA) is 46.3 Å². The molecule has 1 aliphatic carbocycles. The van der Waals surface area contributed by atoms with E-state index in [0.29, 0.717) is 5.91 Å². The number of carbonyl (C=O) groups is 1. The van der Waals surface area contributed by atoms with Gasteiger partial charge in [-0.3, -0.25) is 4.79 Å². The molecule has 2 N–H and O–H groups in total. The molecule has 3 heteroatoms. The van der Waals surface area contributed by atoms with Crippen LogP contribution in [0.4, 0.5) is 0 Å². The maximum absolute atomic E-state index is 12.0. The summed E-state index contributed by atoms with van der Waals surface area (Å²) in [4.78, 5) is 14.0. The summed E-state index contributed by atoms with van der Waals surface area (Å²) in [6.07, 6.45) is 2.11. The molecule has 2 rings (SSSR count). The van der Waals surface area contributed by atoms with E-state index in [1.165, 1.54) is 0 Å². The van der Waals surface area contributed by atoms with E-state index >= 15 is 0 Å². The van der Waals surface area contributed by atoms with Gasteiger partial charge in [-0.15, -0.1) is 0 Å². The van der Waals surface area contributed by atoms with Gasteiger partial charge in [0, 0.05) is 24.5 Å². The first-order valence-corrected chi connectivity index (χ1v) is 5.40. The zero-order chi connectivity index (χ0) is 10.6. The van der Waals surface area contributed by atoms with Crippen LogP contribution in [0.25, 0.3) is 0 Å². The van der Waals surface area contributed by atoms with E-state index in [-0.39, 0.29) is 16.9 Å². The quantitative estimate of drug-likeness (QED) is 0.679. The Morgan fingerprint density at radius 2 is 1.93 bits per heavy atom. The number of carbonyl (C=O) groups excluding carboxylic acids is 1. The second kappa shape index (κ2) is 2.72. The lowest BCUT2D eigenvalue weighted by Gasteiger charge is -2.23. The van der Waals surface area contributed by atoms with Gasteiger partial charge in [-0.1, -0.05) is 20.8 Å². The number of amides is 1. The van der Waals surface area contributed by atoms with Crippen molar-refractivity contribution in [3.05, 3.63) is 0 Å². The van der Waals surface area contributed by atoms with Crippen molar-refractivity contribution in [2.24, 2.45) is 16.6 Å². The second-order valence-electron chi connectivity index (χ2n) is 5.84. The number of nitrogens with two attached hydrogens (primary N) is 1. The zero-order valence-electron chi connectivity index (χ0n) is 9.34. The smallest absolute Gasteiger partial charge is 0.228 e. The Hall–Kier alpha value is -0.570. The maximum Gasteiger partial charge on any atom is 0.228 e. The third-order valence-electron chi connectivity index (χ3n) is 3.82. The molecule has 1 atom stereocenters. The van der Waals surface area contributed by atoms with Crippen LogP contribution in [0.5, 0.6) is 0 Å². The SMILES string of the molecule is CC1(C(=O)N2CC(N)C(C)(C)C2)CC1. The first-order chi connectivity index (χ1) is 6.35. The van der Waals surface area contributed by atoms with Crippen molar-refractivity contribution >= 4 is 5.91 Å². The molecule has 0 radical (unpaired) electrons. The van der Waals surface area contributed by atoms with Crippen LogP contribution in [0, 0.1) is 10.8 Å². The minimum atomic E-state index is -0.0415. The summed E-state index contributed by atoms with van der Waals surface area (Å²) in [6, 6.07) is 0.133. The van der Waals surface area contributed by atoms with Gasteiger partial charge in [0.25, 0.3) is 0 Å². The number of hydrogen-bond acceptors (Lipinski definition) is 2. The molecule has 2 aliphatic rings. The second-order valence-corrected chi connectivity index (χ2v) is 5.84. The van der Waals surface area contributed by atoms with E-state index < -0.39 is 0 Å². The Balaban J connectivity index is 2.05. The van der Waals surface area contributed by atoms with Crippen molar-refractivity contribution < 1.29 is 4.79 Å². The molecule has 2 fully saturated rings. The largest absolute Gasteiger partial charge is 0.340 e. The maximum atomic E-state index is 12.0. The van der Waals surface area contributed by atoms with Crippen LogP contribution in [0.3, 0.4) is 0 Å². The Kier molecular flexibility index (Phi) is 1.94. The molecule has 0 aromatic carbocycles. The van der Waals surface area contributed by atoms with Gasteiger partial charge in [-0.2, -0.15) is 0 Å². The summed E-state index contributed by atoms with van der Waals surface area (Å²) >= 11 is 0. The van der Waals surface area contributed by atoms with Gasteiger partial charge in [-0.25, -0.2) is 0 Å². The summed E-state index contributed by atoms with van der Waals surface area (Å²) in [5, 5.41) is 0. The van der Waals surface area contributed by atoms with Crippen LogP contribution in [-0.4, -0.2) is 29.9 Å². The predicted molar refractivity (Wildman–Crippen MR) is 55.7 cm³/mol. The molecule has 3 nitrogen and oxygen atoms in total. The normalized spacial score (nSPS) is 33.1. The molecule has 1 unspecified atom stereocenters. The fourth-order valence-corrected chi connectivity index (χ4v) is 2.10. The number of hydrogen-bond donors (Lipinski definition) is 1. The molecule has 0 bridgehead atoms. The lowest BCUT2D eigenvalue weighted by atomic mass is 9.89. The van der Waals surface area contributed by atoms with Gasteiger partial charge in [0.1, 0.15) is 0 Å². The van der Waals surface area contributed by atoms with Crippen LogP contribution in [0.15, 0.2) is 0 Å². The van der Waals surface area contributed by atoms with Gasteiger partial charge in [0.15, 0.2) is 0 Å². The molecule has 1 saturated carbocycles. The van der Waals surface area contributed by atoms with E-state index in [1.807, 2.05) is 4.90 Å². The van der Waals surface area contributed by atoms with Crippen molar-refractivity contribution in [3.63, 3.8) is 0 Å². The van der Waals surface area contributed by atoms with E-state index in [4.69, 9.17) is 5.73 Å². The van der Waals surface area contributed by atoms with Gasteiger partial charge in [0.2, 0.25) is 5.91 Å². The van der Waals surface area contributed by atoms with Crippen molar-refractivity contribution in [2.45, 2.75) is 39.7 Å². The average Bonchev–Trinajstić information content (AvgIpc) is 2.75. The number of nitrogens with zero attached hydrogens (tertiary/aromatic N) is 1. The molecule has 0 aromatic rings. The highest BCUT2D eigenvalue weighted by Gasteiger charge is 2.50. The summed E-state index contributed by atoms with van der Waals surface area (Å²) in [5.41, 5.74) is 6.05. The zero-order valence-corrected chi connectivity index (χ0v) is 9.34. The van der Waals surface area contributed by atoms with Gasteiger partial charge in [0.05, 0.1) is 0 Å². The van der Waals surface area contributed by atoms with Crippen LogP contribution in [0.1, 0.15) is 33.6 Å². The molecule has 1 heterocycles. The number of likely N-dealkylation sites (tertiary alicyclic amines) is 1. The first-order valence-electron chi connectivity index (χ1n) is 5.40. The molecule has 1 saturated heterocycles. The summed E-state index contributed by atoms with van der Waals surface area (Å²) < 4.78 is 0. The Morgan fingerprint density at radius 1 is 1.36 bits per heavy atom. The van der Waals surface area contributed by atoms with Gasteiger partial charge >= 0.3 is 0 Å². The fraction of sp³-hybridized carbons (Fsp3) is 0.909. The van der Waals surface area contributed by atoms with Crippen LogP contribution < -0.4 is 5.73 Å². The van der Waals surface area contributed by atoms with E-state index in [0.717, 1.165) is 25.9 Å². The molecule has 14 heavy (non-hydrogen) atoms. The first kappa shape index (κ1) is 9.97. The lowest BCUT2D eigenvalue weighted by molar-refractivity contribution is -0.135. The standard InChI is InChI=1S/C11H20N2O/c1-10(2)7-13(6-8(10)12)9(14)11(3)4-5-11/h8H,4-7,12H2,1-3H3. The highest BCUT2D eigenvalue weighted by molar-refractivity contribution is 5.85. The fourth-order valence-electron chi connectivity index (χ4n) is 2.10. The Bertz CT molecular complexity index is 268. The van der Waals surface area contributed by atoms with Crippen LogP contribution >= 0.6 is 0 Å². The van der Waals surface area contributed by atoms with E-state index in [1.54, 1.807) is 0 Å². The minimum Gasteiger partial charge on any atom is -0.340 e. The average molecular weight is 196 g/mol. The van der Waals surface area contributed by atoms with E-state index in [9.17, 15) is 4.79 Å². The molecule has 1 aliphatic heterocycles. The molecule has 0 aromatic heterocycles. The lowest BCUT2D eigenvalue weighted by Crippen LogP contribution is -2.36. The molecule has 80 valence electrons.